The average molecular weight is 343 g/mol. The molecule has 0 aliphatic carbocycles. The Hall–Kier alpha value is -1.21. The summed E-state index contributed by atoms with van der Waals surface area (Å²) in [6.07, 6.45) is 0. The normalized spacial score (nSPS) is 28.2. The summed E-state index contributed by atoms with van der Waals surface area (Å²) in [4.78, 5) is 15.8. The number of nitrogens with zero attached hydrogens (tertiary/aromatic N) is 2. The van der Waals surface area contributed by atoms with Crippen LogP contribution in [0.1, 0.15) is 5.56 Å². The zero-order valence-electron chi connectivity index (χ0n) is 12.7. The highest BCUT2D eigenvalue weighted by molar-refractivity contribution is 6.30. The molecule has 0 bridgehead atoms. The van der Waals surface area contributed by atoms with E-state index in [2.05, 4.69) is 0 Å². The number of carboxylic acids is 1. The van der Waals surface area contributed by atoms with E-state index in [9.17, 15) is 14.3 Å². The van der Waals surface area contributed by atoms with Crippen LogP contribution in [0, 0.1) is 17.2 Å². The minimum absolute atomic E-state index is 0.00574. The predicted molar refractivity (Wildman–Crippen MR) is 83.8 cm³/mol. The van der Waals surface area contributed by atoms with Crippen LogP contribution in [0.4, 0.5) is 4.39 Å². The molecule has 0 aromatic heterocycles. The van der Waals surface area contributed by atoms with Crippen LogP contribution in [0.25, 0.3) is 0 Å². The quantitative estimate of drug-likeness (QED) is 0.844. The van der Waals surface area contributed by atoms with Gasteiger partial charge < -0.3 is 10.2 Å². The Morgan fingerprint density at radius 1 is 1.35 bits per heavy atom. The molecule has 0 spiro atoms. The maximum atomic E-state index is 13.9. The number of likely N-dealkylation sites (tertiary alicyclic amines) is 2. The van der Waals surface area contributed by atoms with Gasteiger partial charge in [-0.1, -0.05) is 11.6 Å². The van der Waals surface area contributed by atoms with Crippen LogP contribution in [0.3, 0.4) is 0 Å². The second-order valence-electron chi connectivity index (χ2n) is 6.52. The molecule has 0 radical (unpaired) electrons. The average Bonchev–Trinajstić information content (AvgIpc) is 2.97. The number of rotatable bonds is 5. The number of hydrogen-bond acceptors (Lipinski definition) is 4. The molecule has 2 saturated heterocycles. The second-order valence-corrected chi connectivity index (χ2v) is 6.96. The van der Waals surface area contributed by atoms with Gasteiger partial charge in [-0.15, -0.1) is 0 Å². The van der Waals surface area contributed by atoms with E-state index in [1.54, 1.807) is 6.07 Å². The summed E-state index contributed by atoms with van der Waals surface area (Å²) in [7, 11) is 0. The van der Waals surface area contributed by atoms with E-state index < -0.39 is 11.4 Å². The molecule has 2 aliphatic rings. The molecule has 126 valence electrons. The van der Waals surface area contributed by atoms with Crippen LogP contribution in [-0.2, 0) is 11.3 Å². The zero-order valence-corrected chi connectivity index (χ0v) is 13.5. The molecule has 2 aliphatic heterocycles. The van der Waals surface area contributed by atoms with Crippen molar-refractivity contribution in [1.82, 2.24) is 9.80 Å². The lowest BCUT2D eigenvalue weighted by Crippen LogP contribution is -2.41. The van der Waals surface area contributed by atoms with Crippen molar-refractivity contribution < 1.29 is 19.4 Å². The van der Waals surface area contributed by atoms with Crippen LogP contribution in [-0.4, -0.2) is 65.3 Å². The van der Waals surface area contributed by atoms with Gasteiger partial charge in [0.25, 0.3) is 0 Å². The third-order valence-corrected chi connectivity index (χ3v) is 5.23. The Morgan fingerprint density at radius 3 is 2.70 bits per heavy atom. The number of carbonyl (C=O) groups is 1. The van der Waals surface area contributed by atoms with Crippen molar-refractivity contribution in [3.05, 3.63) is 34.6 Å². The molecule has 1 unspecified atom stereocenters. The van der Waals surface area contributed by atoms with Crippen LogP contribution in [0.5, 0.6) is 0 Å². The fourth-order valence-corrected chi connectivity index (χ4v) is 4.11. The van der Waals surface area contributed by atoms with Gasteiger partial charge in [-0.25, -0.2) is 4.39 Å². The predicted octanol–water partition coefficient (Wildman–Crippen LogP) is 1.29. The van der Waals surface area contributed by atoms with E-state index in [4.69, 9.17) is 16.7 Å². The Morgan fingerprint density at radius 2 is 2.04 bits per heavy atom. The van der Waals surface area contributed by atoms with Gasteiger partial charge in [0, 0.05) is 55.8 Å². The molecule has 0 amide bonds. The smallest absolute Gasteiger partial charge is 0.312 e. The van der Waals surface area contributed by atoms with Gasteiger partial charge >= 0.3 is 5.97 Å². The summed E-state index contributed by atoms with van der Waals surface area (Å²) in [5, 5.41) is 19.3. The van der Waals surface area contributed by atoms with Crippen LogP contribution >= 0.6 is 11.6 Å². The van der Waals surface area contributed by atoms with Crippen LogP contribution in [0.2, 0.25) is 5.02 Å². The topological polar surface area (TPSA) is 64.0 Å². The summed E-state index contributed by atoms with van der Waals surface area (Å²) in [6, 6.07) is 4.44. The number of fused-ring (bicyclic) bond motifs is 1. The van der Waals surface area contributed by atoms with Crippen molar-refractivity contribution in [2.45, 2.75) is 6.54 Å². The van der Waals surface area contributed by atoms with Gasteiger partial charge in [-0.2, -0.15) is 0 Å². The number of carboxylic acid groups (broad SMARTS) is 1. The Balaban J connectivity index is 1.74. The number of aliphatic hydroxyl groups is 1. The van der Waals surface area contributed by atoms with Crippen molar-refractivity contribution in [1.29, 1.82) is 0 Å². The highest BCUT2D eigenvalue weighted by atomic mass is 35.5. The maximum absolute atomic E-state index is 13.9. The maximum Gasteiger partial charge on any atom is 0.312 e. The molecule has 2 atom stereocenters. The summed E-state index contributed by atoms with van der Waals surface area (Å²) < 4.78 is 13.9. The number of halogens is 2. The number of β-amino-alcohol motifs (C(OH)–C–C–N with tert-alkyl or cyclic N) is 1. The van der Waals surface area contributed by atoms with E-state index in [1.807, 2.05) is 9.80 Å². The van der Waals surface area contributed by atoms with Crippen molar-refractivity contribution in [3.8, 4) is 0 Å². The molecule has 2 heterocycles. The number of benzene rings is 1. The summed E-state index contributed by atoms with van der Waals surface area (Å²) in [6.45, 7) is 2.97. The zero-order chi connectivity index (χ0) is 16.6. The first-order valence-corrected chi connectivity index (χ1v) is 8.05. The van der Waals surface area contributed by atoms with Gasteiger partial charge in [0.2, 0.25) is 0 Å². The van der Waals surface area contributed by atoms with E-state index in [0.29, 0.717) is 49.9 Å². The molecule has 2 fully saturated rings. The molecular formula is C16H20ClFN2O3. The lowest BCUT2D eigenvalue weighted by atomic mass is 9.81. The van der Waals surface area contributed by atoms with Gasteiger partial charge in [0.15, 0.2) is 0 Å². The fourth-order valence-electron chi connectivity index (χ4n) is 3.91. The van der Waals surface area contributed by atoms with Crippen molar-refractivity contribution in [2.75, 3.05) is 39.3 Å². The largest absolute Gasteiger partial charge is 0.481 e. The standard InChI is InChI=1S/C16H20ClFN2O3/c17-13-1-2-14(18)11(5-13)6-20-8-12-7-19(3-4-21)9-16(12,10-20)15(22)23/h1-2,5,12,21H,3-4,6-10H2,(H,22,23)/t12?,16-/m1/s1. The highest BCUT2D eigenvalue weighted by Gasteiger charge is 2.57. The summed E-state index contributed by atoms with van der Waals surface area (Å²) in [5.74, 6) is -1.14. The molecule has 2 N–H and O–H groups in total. The molecule has 1 aromatic carbocycles. The minimum atomic E-state index is -0.829. The van der Waals surface area contributed by atoms with Crippen molar-refractivity contribution in [2.24, 2.45) is 11.3 Å². The van der Waals surface area contributed by atoms with E-state index in [1.165, 1.54) is 12.1 Å². The SMILES string of the molecule is O=C(O)[C@@]12CN(CCO)CC1CN(Cc1cc(Cl)ccc1F)C2. The Kier molecular flexibility index (Phi) is 4.60. The Labute approximate surface area is 139 Å². The monoisotopic (exact) mass is 342 g/mol. The Bertz CT molecular complexity index is 615. The second kappa shape index (κ2) is 6.36. The molecule has 7 heteroatoms. The van der Waals surface area contributed by atoms with E-state index in [0.717, 1.165) is 0 Å². The van der Waals surface area contributed by atoms with Crippen LogP contribution in [0.15, 0.2) is 18.2 Å². The van der Waals surface area contributed by atoms with Gasteiger partial charge in [0.05, 0.1) is 12.0 Å². The first kappa shape index (κ1) is 16.6. The molecule has 0 saturated carbocycles. The third-order valence-electron chi connectivity index (χ3n) is 4.99. The first-order valence-electron chi connectivity index (χ1n) is 7.67. The highest BCUT2D eigenvalue weighted by Crippen LogP contribution is 2.43. The lowest BCUT2D eigenvalue weighted by molar-refractivity contribution is -0.149. The molecule has 5 nitrogen and oxygen atoms in total. The van der Waals surface area contributed by atoms with Crippen molar-refractivity contribution >= 4 is 17.6 Å². The van der Waals surface area contributed by atoms with E-state index >= 15 is 0 Å². The first-order chi connectivity index (χ1) is 10.9. The number of hydrogen-bond donors (Lipinski definition) is 2. The fraction of sp³-hybridized carbons (Fsp3) is 0.562. The summed E-state index contributed by atoms with van der Waals surface area (Å²) in [5.41, 5.74) is -0.338. The third kappa shape index (κ3) is 3.08. The lowest BCUT2D eigenvalue weighted by Gasteiger charge is -2.25. The van der Waals surface area contributed by atoms with Gasteiger partial charge in [-0.3, -0.25) is 14.6 Å². The summed E-state index contributed by atoms with van der Waals surface area (Å²) >= 11 is 5.92. The molecule has 1 aromatic rings. The van der Waals surface area contributed by atoms with Gasteiger partial charge in [-0.05, 0) is 18.2 Å². The molecule has 23 heavy (non-hydrogen) atoms. The molecular weight excluding hydrogens is 323 g/mol. The number of aliphatic hydroxyl groups excluding tert-OH is 1. The van der Waals surface area contributed by atoms with Gasteiger partial charge in [0.1, 0.15) is 5.82 Å². The van der Waals surface area contributed by atoms with Crippen LogP contribution < -0.4 is 0 Å². The molecule has 3 rings (SSSR count). The number of aliphatic carboxylic acids is 1. The van der Waals surface area contributed by atoms with Crippen molar-refractivity contribution in [3.63, 3.8) is 0 Å². The minimum Gasteiger partial charge on any atom is -0.481 e. The van der Waals surface area contributed by atoms with E-state index in [-0.39, 0.29) is 18.3 Å².